The molecule has 0 fully saturated rings. The average Bonchev–Trinajstić information content (AvgIpc) is 2.49. The van der Waals surface area contributed by atoms with Crippen LogP contribution >= 0.6 is 23.2 Å². The number of pyridine rings is 1. The Hall–Kier alpha value is -1.78. The summed E-state index contributed by atoms with van der Waals surface area (Å²) in [4.78, 5) is 16.7. The largest absolute Gasteiger partial charge is 0.373 e. The number of hydrogen-bond donors (Lipinski definition) is 2. The first-order valence-electron chi connectivity index (χ1n) is 6.48. The van der Waals surface area contributed by atoms with Crippen molar-refractivity contribution < 1.29 is 4.79 Å². The van der Waals surface area contributed by atoms with E-state index in [1.807, 2.05) is 6.92 Å². The molecule has 1 aromatic carbocycles. The lowest BCUT2D eigenvalue weighted by Gasteiger charge is -2.10. The minimum absolute atomic E-state index is 0.243. The molecule has 110 valence electrons. The van der Waals surface area contributed by atoms with Gasteiger partial charge in [0.1, 0.15) is 5.82 Å². The summed E-state index contributed by atoms with van der Waals surface area (Å²) in [5, 5.41) is 6.63. The second-order valence-electron chi connectivity index (χ2n) is 4.41. The fourth-order valence-corrected chi connectivity index (χ4v) is 2.27. The van der Waals surface area contributed by atoms with Gasteiger partial charge in [0.2, 0.25) is 0 Å². The Morgan fingerprint density at radius 1 is 1.24 bits per heavy atom. The predicted molar refractivity (Wildman–Crippen MR) is 87.6 cm³/mol. The third-order valence-corrected chi connectivity index (χ3v) is 3.49. The van der Waals surface area contributed by atoms with Crippen LogP contribution in [-0.2, 0) is 6.42 Å². The van der Waals surface area contributed by atoms with Gasteiger partial charge in [-0.1, -0.05) is 30.1 Å². The van der Waals surface area contributed by atoms with Crippen LogP contribution in [0.3, 0.4) is 0 Å². The van der Waals surface area contributed by atoms with E-state index in [1.165, 1.54) is 0 Å². The molecule has 1 aromatic heterocycles. The zero-order valence-electron chi connectivity index (χ0n) is 11.7. The van der Waals surface area contributed by atoms with Crippen LogP contribution in [-0.4, -0.2) is 17.9 Å². The SMILES string of the molecule is CCc1cc(C(=O)Nc2ccc(Cl)cc2Cl)cc(NC)n1. The zero-order valence-corrected chi connectivity index (χ0v) is 13.2. The second kappa shape index (κ2) is 6.78. The highest BCUT2D eigenvalue weighted by atomic mass is 35.5. The van der Waals surface area contributed by atoms with E-state index in [2.05, 4.69) is 15.6 Å². The van der Waals surface area contributed by atoms with Gasteiger partial charge < -0.3 is 10.6 Å². The van der Waals surface area contributed by atoms with E-state index in [-0.39, 0.29) is 5.91 Å². The van der Waals surface area contributed by atoms with Crippen molar-refractivity contribution in [2.75, 3.05) is 17.7 Å². The van der Waals surface area contributed by atoms with Gasteiger partial charge in [-0.05, 0) is 36.8 Å². The molecule has 4 nitrogen and oxygen atoms in total. The van der Waals surface area contributed by atoms with Crippen LogP contribution in [0.5, 0.6) is 0 Å². The molecule has 2 aromatic rings. The number of rotatable bonds is 4. The van der Waals surface area contributed by atoms with E-state index >= 15 is 0 Å². The van der Waals surface area contributed by atoms with Crippen molar-refractivity contribution in [2.24, 2.45) is 0 Å². The molecule has 6 heteroatoms. The number of nitrogens with zero attached hydrogens (tertiary/aromatic N) is 1. The van der Waals surface area contributed by atoms with Crippen molar-refractivity contribution in [3.8, 4) is 0 Å². The van der Waals surface area contributed by atoms with Crippen molar-refractivity contribution in [1.82, 2.24) is 4.98 Å². The molecular weight excluding hydrogens is 309 g/mol. The highest BCUT2D eigenvalue weighted by molar-refractivity contribution is 6.36. The molecule has 2 rings (SSSR count). The highest BCUT2D eigenvalue weighted by Gasteiger charge is 2.11. The molecular formula is C15H15Cl2N3O. The van der Waals surface area contributed by atoms with Gasteiger partial charge in [-0.15, -0.1) is 0 Å². The summed E-state index contributed by atoms with van der Waals surface area (Å²) in [5.41, 5.74) is 1.89. The molecule has 2 N–H and O–H groups in total. The highest BCUT2D eigenvalue weighted by Crippen LogP contribution is 2.26. The summed E-state index contributed by atoms with van der Waals surface area (Å²) in [6.45, 7) is 1.99. The molecule has 0 bridgehead atoms. The zero-order chi connectivity index (χ0) is 15.4. The minimum Gasteiger partial charge on any atom is -0.373 e. The molecule has 0 saturated carbocycles. The number of aromatic nitrogens is 1. The van der Waals surface area contributed by atoms with Crippen LogP contribution in [0.2, 0.25) is 10.0 Å². The summed E-state index contributed by atoms with van der Waals surface area (Å²) in [5.74, 6) is 0.412. The van der Waals surface area contributed by atoms with Crippen molar-refractivity contribution in [2.45, 2.75) is 13.3 Å². The normalized spacial score (nSPS) is 10.3. The number of carbonyl (C=O) groups is 1. The Bertz CT molecular complexity index is 652. The van der Waals surface area contributed by atoms with Gasteiger partial charge in [0.25, 0.3) is 5.91 Å². The Labute approximate surface area is 133 Å². The number of carbonyl (C=O) groups excluding carboxylic acids is 1. The molecule has 0 spiro atoms. The van der Waals surface area contributed by atoms with Crippen LogP contribution in [0.15, 0.2) is 30.3 Å². The second-order valence-corrected chi connectivity index (χ2v) is 5.26. The van der Waals surface area contributed by atoms with Gasteiger partial charge in [0.05, 0.1) is 10.7 Å². The van der Waals surface area contributed by atoms with Gasteiger partial charge in [0, 0.05) is 23.3 Å². The average molecular weight is 324 g/mol. The topological polar surface area (TPSA) is 54.0 Å². The molecule has 1 heterocycles. The third kappa shape index (κ3) is 3.86. The number of aryl methyl sites for hydroxylation is 1. The van der Waals surface area contributed by atoms with Crippen LogP contribution < -0.4 is 10.6 Å². The predicted octanol–water partition coefficient (Wildman–Crippen LogP) is 4.24. The van der Waals surface area contributed by atoms with Gasteiger partial charge >= 0.3 is 0 Å². The van der Waals surface area contributed by atoms with Gasteiger partial charge in [-0.25, -0.2) is 4.98 Å². The molecule has 0 aliphatic heterocycles. The lowest BCUT2D eigenvalue weighted by Crippen LogP contribution is -2.13. The first-order chi connectivity index (χ1) is 10.0. The molecule has 0 unspecified atom stereocenters. The fourth-order valence-electron chi connectivity index (χ4n) is 1.81. The first-order valence-corrected chi connectivity index (χ1v) is 7.24. The molecule has 0 aliphatic rings. The quantitative estimate of drug-likeness (QED) is 0.884. The van der Waals surface area contributed by atoms with Gasteiger partial charge in [-0.2, -0.15) is 0 Å². The van der Waals surface area contributed by atoms with Gasteiger partial charge in [-0.3, -0.25) is 4.79 Å². The summed E-state index contributed by atoms with van der Waals surface area (Å²) < 4.78 is 0. The van der Waals surface area contributed by atoms with Crippen LogP contribution in [0.25, 0.3) is 0 Å². The van der Waals surface area contributed by atoms with E-state index in [9.17, 15) is 4.79 Å². The molecule has 0 radical (unpaired) electrons. The van der Waals surface area contributed by atoms with Crippen molar-refractivity contribution in [1.29, 1.82) is 0 Å². The van der Waals surface area contributed by atoms with E-state index < -0.39 is 0 Å². The molecule has 0 aliphatic carbocycles. The molecule has 0 atom stereocenters. The summed E-state index contributed by atoms with van der Waals surface area (Å²) >= 11 is 11.9. The van der Waals surface area contributed by atoms with Crippen molar-refractivity contribution >= 4 is 40.6 Å². The Kier molecular flexibility index (Phi) is 5.04. The van der Waals surface area contributed by atoms with Gasteiger partial charge in [0.15, 0.2) is 0 Å². The monoisotopic (exact) mass is 323 g/mol. The number of hydrogen-bond acceptors (Lipinski definition) is 3. The maximum absolute atomic E-state index is 12.3. The number of benzene rings is 1. The Balaban J connectivity index is 2.27. The lowest BCUT2D eigenvalue weighted by atomic mass is 10.1. The number of nitrogens with one attached hydrogen (secondary N) is 2. The van der Waals surface area contributed by atoms with Crippen LogP contribution in [0.1, 0.15) is 23.0 Å². The fraction of sp³-hybridized carbons (Fsp3) is 0.200. The molecule has 21 heavy (non-hydrogen) atoms. The molecule has 1 amide bonds. The van der Waals surface area contributed by atoms with Crippen molar-refractivity contribution in [3.63, 3.8) is 0 Å². The summed E-state index contributed by atoms with van der Waals surface area (Å²) in [6.07, 6.45) is 0.748. The maximum atomic E-state index is 12.3. The van der Waals surface area contributed by atoms with E-state index in [0.717, 1.165) is 12.1 Å². The van der Waals surface area contributed by atoms with Crippen LogP contribution in [0, 0.1) is 0 Å². The smallest absolute Gasteiger partial charge is 0.255 e. The Morgan fingerprint density at radius 3 is 2.62 bits per heavy atom. The van der Waals surface area contributed by atoms with E-state index in [4.69, 9.17) is 23.2 Å². The lowest BCUT2D eigenvalue weighted by molar-refractivity contribution is 0.102. The standard InChI is InChI=1S/C15H15Cl2N3O/c1-3-11-6-9(7-14(18-2)19-11)15(21)20-13-5-4-10(16)8-12(13)17/h4-8H,3H2,1-2H3,(H,18,19)(H,20,21). The number of amides is 1. The minimum atomic E-state index is -0.243. The number of anilines is 2. The Morgan fingerprint density at radius 2 is 2.00 bits per heavy atom. The summed E-state index contributed by atoms with van der Waals surface area (Å²) in [7, 11) is 1.76. The maximum Gasteiger partial charge on any atom is 0.255 e. The van der Waals surface area contributed by atoms with E-state index in [1.54, 1.807) is 37.4 Å². The third-order valence-electron chi connectivity index (χ3n) is 2.94. The van der Waals surface area contributed by atoms with Crippen molar-refractivity contribution in [3.05, 3.63) is 51.6 Å². The van der Waals surface area contributed by atoms with Crippen LogP contribution in [0.4, 0.5) is 11.5 Å². The first kappa shape index (κ1) is 15.6. The summed E-state index contributed by atoms with van der Waals surface area (Å²) in [6, 6.07) is 8.38. The number of halogens is 2. The van der Waals surface area contributed by atoms with E-state index in [0.29, 0.717) is 27.1 Å². The molecule has 0 saturated heterocycles.